The fraction of sp³-hybridized carbons (Fsp3) is 0.769. The minimum Gasteiger partial charge on any atom is -0.342 e. The molecule has 2 bridgehead atoms. The summed E-state index contributed by atoms with van der Waals surface area (Å²) in [6, 6.07) is 1.69. The number of piperidine rings is 2. The van der Waals surface area contributed by atoms with Gasteiger partial charge in [-0.1, -0.05) is 0 Å². The van der Waals surface area contributed by atoms with E-state index in [0.717, 1.165) is 12.8 Å². The molecule has 2 aliphatic heterocycles. The van der Waals surface area contributed by atoms with Crippen molar-refractivity contribution in [2.45, 2.75) is 64.1 Å². The molecule has 4 heteroatoms. The molecule has 3 heterocycles. The summed E-state index contributed by atoms with van der Waals surface area (Å²) in [5.41, 5.74) is 7.35. The largest absolute Gasteiger partial charge is 0.342 e. The smallest absolute Gasteiger partial charge is 0.186 e. The van der Waals surface area contributed by atoms with E-state index in [9.17, 15) is 0 Å². The van der Waals surface area contributed by atoms with Gasteiger partial charge in [0.05, 0.1) is 5.69 Å². The van der Waals surface area contributed by atoms with Crippen molar-refractivity contribution in [1.82, 2.24) is 4.98 Å². The first-order valence-corrected chi connectivity index (χ1v) is 7.44. The third kappa shape index (κ3) is 1.97. The first kappa shape index (κ1) is 11.5. The molecule has 3 nitrogen and oxygen atoms in total. The molecule has 0 spiro atoms. The molecule has 0 aliphatic carbocycles. The number of aromatic nitrogens is 1. The predicted octanol–water partition coefficient (Wildman–Crippen LogP) is 2.61. The number of aryl methyl sites for hydroxylation is 2. The van der Waals surface area contributed by atoms with E-state index in [2.05, 4.69) is 18.7 Å². The molecule has 1 aromatic rings. The van der Waals surface area contributed by atoms with E-state index in [4.69, 9.17) is 10.7 Å². The summed E-state index contributed by atoms with van der Waals surface area (Å²) in [6.07, 6.45) is 6.24. The third-order valence-electron chi connectivity index (χ3n) is 4.25. The lowest BCUT2D eigenvalue weighted by atomic mass is 9.82. The van der Waals surface area contributed by atoms with Crippen molar-refractivity contribution in [2.75, 3.05) is 4.90 Å². The minimum absolute atomic E-state index is 0.406. The van der Waals surface area contributed by atoms with E-state index < -0.39 is 0 Å². The maximum atomic E-state index is 6.16. The number of nitrogens with two attached hydrogens (primary N) is 1. The predicted molar refractivity (Wildman–Crippen MR) is 72.7 cm³/mol. The highest BCUT2D eigenvalue weighted by molar-refractivity contribution is 7.15. The van der Waals surface area contributed by atoms with Crippen LogP contribution >= 0.6 is 11.3 Å². The van der Waals surface area contributed by atoms with Gasteiger partial charge in [-0.25, -0.2) is 4.98 Å². The molecule has 2 saturated heterocycles. The number of fused-ring (bicyclic) bond motifs is 2. The zero-order valence-electron chi connectivity index (χ0n) is 10.6. The highest BCUT2D eigenvalue weighted by Gasteiger charge is 2.38. The van der Waals surface area contributed by atoms with Crippen LogP contribution in [0.15, 0.2) is 0 Å². The molecule has 2 N–H and O–H groups in total. The molecule has 2 unspecified atom stereocenters. The second-order valence-corrected chi connectivity index (χ2v) is 6.70. The van der Waals surface area contributed by atoms with Gasteiger partial charge in [0.15, 0.2) is 5.13 Å². The van der Waals surface area contributed by atoms with Gasteiger partial charge in [0.25, 0.3) is 0 Å². The van der Waals surface area contributed by atoms with Gasteiger partial charge in [-0.15, -0.1) is 11.3 Å². The summed E-state index contributed by atoms with van der Waals surface area (Å²) < 4.78 is 0. The first-order valence-electron chi connectivity index (χ1n) is 6.63. The van der Waals surface area contributed by atoms with Crippen molar-refractivity contribution >= 4 is 16.5 Å². The van der Waals surface area contributed by atoms with E-state index in [1.165, 1.54) is 35.0 Å². The highest BCUT2D eigenvalue weighted by atomic mass is 32.1. The average Bonchev–Trinajstić information content (AvgIpc) is 2.57. The van der Waals surface area contributed by atoms with Crippen LogP contribution in [0.3, 0.4) is 0 Å². The average molecular weight is 251 g/mol. The first-order chi connectivity index (χ1) is 8.15. The summed E-state index contributed by atoms with van der Waals surface area (Å²) in [6.45, 7) is 4.28. The van der Waals surface area contributed by atoms with Crippen molar-refractivity contribution < 1.29 is 0 Å². The molecular weight excluding hydrogens is 230 g/mol. The lowest BCUT2D eigenvalue weighted by Crippen LogP contribution is -2.55. The van der Waals surface area contributed by atoms with Crippen LogP contribution < -0.4 is 10.6 Å². The molecule has 2 fully saturated rings. The maximum absolute atomic E-state index is 6.16. The molecular formula is C13H21N3S. The van der Waals surface area contributed by atoms with Gasteiger partial charge in [0.1, 0.15) is 0 Å². The number of nitrogens with zero attached hydrogens (tertiary/aromatic N) is 2. The van der Waals surface area contributed by atoms with Gasteiger partial charge in [0.2, 0.25) is 0 Å². The normalized spacial score (nSPS) is 32.9. The zero-order valence-corrected chi connectivity index (χ0v) is 11.5. The zero-order chi connectivity index (χ0) is 12.0. The van der Waals surface area contributed by atoms with Gasteiger partial charge >= 0.3 is 0 Å². The molecule has 0 saturated carbocycles. The van der Waals surface area contributed by atoms with Crippen LogP contribution in [-0.4, -0.2) is 23.1 Å². The van der Waals surface area contributed by atoms with Crippen LogP contribution in [-0.2, 0) is 0 Å². The van der Waals surface area contributed by atoms with Crippen molar-refractivity contribution in [3.05, 3.63) is 10.6 Å². The molecule has 3 rings (SSSR count). The second kappa shape index (κ2) is 4.25. The lowest BCUT2D eigenvalue weighted by Gasteiger charge is -2.48. The Labute approximate surface area is 107 Å². The van der Waals surface area contributed by atoms with Gasteiger partial charge in [0, 0.05) is 23.0 Å². The van der Waals surface area contributed by atoms with Gasteiger partial charge in [-0.3, -0.25) is 0 Å². The third-order valence-corrected chi connectivity index (χ3v) is 5.34. The second-order valence-electron chi connectivity index (χ2n) is 5.52. The van der Waals surface area contributed by atoms with E-state index >= 15 is 0 Å². The fourth-order valence-electron chi connectivity index (χ4n) is 3.30. The molecule has 0 aromatic carbocycles. The number of hydrogen-bond acceptors (Lipinski definition) is 4. The van der Waals surface area contributed by atoms with Crippen LogP contribution in [0.5, 0.6) is 0 Å². The van der Waals surface area contributed by atoms with Crippen molar-refractivity contribution in [2.24, 2.45) is 5.73 Å². The topological polar surface area (TPSA) is 42.2 Å². The quantitative estimate of drug-likeness (QED) is 0.834. The van der Waals surface area contributed by atoms with E-state index in [1.54, 1.807) is 0 Å². The van der Waals surface area contributed by atoms with Crippen molar-refractivity contribution in [3.8, 4) is 0 Å². The van der Waals surface area contributed by atoms with Gasteiger partial charge in [-0.2, -0.15) is 0 Å². The van der Waals surface area contributed by atoms with E-state index in [1.807, 2.05) is 11.3 Å². The Bertz CT molecular complexity index is 381. The summed E-state index contributed by atoms with van der Waals surface area (Å²) in [5.74, 6) is 0. The highest BCUT2D eigenvalue weighted by Crippen LogP contribution is 2.39. The molecule has 0 amide bonds. The lowest BCUT2D eigenvalue weighted by molar-refractivity contribution is 0.271. The Hall–Kier alpha value is -0.610. The maximum Gasteiger partial charge on any atom is 0.186 e. The fourth-order valence-corrected chi connectivity index (χ4v) is 4.36. The molecule has 2 aliphatic rings. The summed E-state index contributed by atoms with van der Waals surface area (Å²) in [7, 11) is 0. The molecule has 94 valence electrons. The number of anilines is 1. The van der Waals surface area contributed by atoms with E-state index in [0.29, 0.717) is 18.1 Å². The molecule has 2 atom stereocenters. The van der Waals surface area contributed by atoms with E-state index in [-0.39, 0.29) is 0 Å². The Morgan fingerprint density at radius 2 is 1.88 bits per heavy atom. The SMILES string of the molecule is Cc1nc(N2C3CCCC2CC(N)C3)sc1C. The Morgan fingerprint density at radius 3 is 2.41 bits per heavy atom. The van der Waals surface area contributed by atoms with Gasteiger partial charge in [-0.05, 0) is 46.0 Å². The molecule has 0 radical (unpaired) electrons. The minimum atomic E-state index is 0.406. The molecule has 1 aromatic heterocycles. The van der Waals surface area contributed by atoms with Crippen LogP contribution in [0.2, 0.25) is 0 Å². The summed E-state index contributed by atoms with van der Waals surface area (Å²) in [4.78, 5) is 8.68. The Morgan fingerprint density at radius 1 is 1.24 bits per heavy atom. The number of rotatable bonds is 1. The van der Waals surface area contributed by atoms with Crippen LogP contribution in [0.1, 0.15) is 42.7 Å². The standard InChI is InChI=1S/C13H21N3S/c1-8-9(2)17-13(15-8)16-11-4-3-5-12(16)7-10(14)6-11/h10-12H,3-7,14H2,1-2H3. The monoisotopic (exact) mass is 251 g/mol. The van der Waals surface area contributed by atoms with Crippen LogP contribution in [0.25, 0.3) is 0 Å². The van der Waals surface area contributed by atoms with Gasteiger partial charge < -0.3 is 10.6 Å². The Kier molecular flexibility index (Phi) is 2.87. The van der Waals surface area contributed by atoms with Crippen molar-refractivity contribution in [1.29, 1.82) is 0 Å². The summed E-state index contributed by atoms with van der Waals surface area (Å²) in [5, 5.41) is 1.24. The Balaban J connectivity index is 1.91. The van der Waals surface area contributed by atoms with Crippen molar-refractivity contribution in [3.63, 3.8) is 0 Å². The number of hydrogen-bond donors (Lipinski definition) is 1. The summed E-state index contributed by atoms with van der Waals surface area (Å²) >= 11 is 1.85. The molecule has 17 heavy (non-hydrogen) atoms. The number of thiazole rings is 1. The van der Waals surface area contributed by atoms with Crippen LogP contribution in [0.4, 0.5) is 5.13 Å². The van der Waals surface area contributed by atoms with Crippen LogP contribution in [0, 0.1) is 13.8 Å².